The molecule has 0 aliphatic rings. The molecule has 0 spiro atoms. The van der Waals surface area contributed by atoms with Gasteiger partial charge >= 0.3 is 0 Å². The first-order chi connectivity index (χ1) is 7.69. The molecule has 5 heteroatoms. The number of amides is 1. The van der Waals surface area contributed by atoms with E-state index in [0.717, 1.165) is 0 Å². The van der Waals surface area contributed by atoms with Crippen molar-refractivity contribution in [3.05, 3.63) is 27.6 Å². The lowest BCUT2D eigenvalue weighted by atomic mass is 9.92. The monoisotopic (exact) mass is 256 g/mol. The van der Waals surface area contributed by atoms with Gasteiger partial charge in [-0.2, -0.15) is 0 Å². The second-order valence-corrected chi connectivity index (χ2v) is 5.69. The Hall–Kier alpha value is -1.29. The summed E-state index contributed by atoms with van der Waals surface area (Å²) in [5.41, 5.74) is 0.181. The molecule has 94 valence electrons. The normalized spacial score (nSPS) is 11.4. The average Bonchev–Trinajstić information content (AvgIpc) is 2.10. The maximum atomic E-state index is 11.7. The lowest BCUT2D eigenvalue weighted by Gasteiger charge is -2.17. The molecule has 17 heavy (non-hydrogen) atoms. The molecule has 4 nitrogen and oxygen atoms in total. The molecule has 0 saturated heterocycles. The van der Waals surface area contributed by atoms with E-state index in [-0.39, 0.29) is 21.9 Å². The van der Waals surface area contributed by atoms with Gasteiger partial charge in [0, 0.05) is 19.7 Å². The van der Waals surface area contributed by atoms with Crippen LogP contribution >= 0.6 is 11.6 Å². The third kappa shape index (κ3) is 4.23. The minimum Gasteiger partial charge on any atom is -0.325 e. The van der Waals surface area contributed by atoms with Crippen LogP contribution in [-0.4, -0.2) is 10.5 Å². The van der Waals surface area contributed by atoms with Crippen LogP contribution in [0.3, 0.4) is 0 Å². The fourth-order valence-electron chi connectivity index (χ4n) is 1.43. The number of hydrogen-bond acceptors (Lipinski definition) is 2. The lowest BCUT2D eigenvalue weighted by molar-refractivity contribution is -0.117. The van der Waals surface area contributed by atoms with Crippen molar-refractivity contribution in [2.24, 2.45) is 12.5 Å². The molecule has 0 aliphatic carbocycles. The molecule has 0 bridgehead atoms. The summed E-state index contributed by atoms with van der Waals surface area (Å²) in [6, 6.07) is 1.46. The molecule has 0 saturated carbocycles. The SMILES string of the molecule is Cn1cc(NC(=O)CC(C)(C)C)cc(Cl)c1=O. The topological polar surface area (TPSA) is 51.1 Å². The van der Waals surface area contributed by atoms with Gasteiger partial charge in [-0.1, -0.05) is 32.4 Å². The fourth-order valence-corrected chi connectivity index (χ4v) is 1.68. The molecule has 0 atom stereocenters. The van der Waals surface area contributed by atoms with Crippen LogP contribution in [0.1, 0.15) is 27.2 Å². The van der Waals surface area contributed by atoms with Crippen molar-refractivity contribution in [3.63, 3.8) is 0 Å². The van der Waals surface area contributed by atoms with E-state index in [9.17, 15) is 9.59 Å². The van der Waals surface area contributed by atoms with Gasteiger partial charge in [0.15, 0.2) is 0 Å². The Balaban J connectivity index is 2.83. The van der Waals surface area contributed by atoms with Crippen molar-refractivity contribution in [1.29, 1.82) is 0 Å². The van der Waals surface area contributed by atoms with Crippen LogP contribution in [0.25, 0.3) is 0 Å². The van der Waals surface area contributed by atoms with Crippen molar-refractivity contribution in [2.75, 3.05) is 5.32 Å². The van der Waals surface area contributed by atoms with Crippen molar-refractivity contribution in [2.45, 2.75) is 27.2 Å². The van der Waals surface area contributed by atoms with Gasteiger partial charge in [-0.25, -0.2) is 0 Å². The van der Waals surface area contributed by atoms with E-state index in [2.05, 4.69) is 5.32 Å². The van der Waals surface area contributed by atoms with Crippen molar-refractivity contribution in [1.82, 2.24) is 4.57 Å². The summed E-state index contributed by atoms with van der Waals surface area (Å²) in [6.07, 6.45) is 1.96. The zero-order chi connectivity index (χ0) is 13.2. The predicted molar refractivity (Wildman–Crippen MR) is 69.4 cm³/mol. The lowest BCUT2D eigenvalue weighted by Crippen LogP contribution is -2.22. The van der Waals surface area contributed by atoms with Crippen LogP contribution < -0.4 is 10.9 Å². The summed E-state index contributed by atoms with van der Waals surface area (Å²) < 4.78 is 1.34. The maximum absolute atomic E-state index is 11.7. The van der Waals surface area contributed by atoms with Gasteiger partial charge in [0.1, 0.15) is 5.02 Å². The first-order valence-electron chi connectivity index (χ1n) is 5.35. The molecule has 1 aromatic rings. The van der Waals surface area contributed by atoms with E-state index in [1.165, 1.54) is 10.6 Å². The molecule has 1 heterocycles. The van der Waals surface area contributed by atoms with E-state index in [4.69, 9.17) is 11.6 Å². The van der Waals surface area contributed by atoms with Gasteiger partial charge in [-0.05, 0) is 11.5 Å². The van der Waals surface area contributed by atoms with Crippen LogP contribution in [0.15, 0.2) is 17.1 Å². The fraction of sp³-hybridized carbons (Fsp3) is 0.500. The number of nitrogens with one attached hydrogen (secondary N) is 1. The van der Waals surface area contributed by atoms with E-state index in [1.54, 1.807) is 13.2 Å². The summed E-state index contributed by atoms with van der Waals surface area (Å²) >= 11 is 5.75. The van der Waals surface area contributed by atoms with Crippen LogP contribution in [-0.2, 0) is 11.8 Å². The molecule has 0 unspecified atom stereocenters. The molecule has 1 amide bonds. The second kappa shape index (κ2) is 4.92. The van der Waals surface area contributed by atoms with Gasteiger partial charge < -0.3 is 9.88 Å². The number of rotatable bonds is 2. The Morgan fingerprint density at radius 1 is 1.47 bits per heavy atom. The smallest absolute Gasteiger partial charge is 0.269 e. The van der Waals surface area contributed by atoms with Crippen LogP contribution in [0.2, 0.25) is 5.02 Å². The molecule has 0 fully saturated rings. The highest BCUT2D eigenvalue weighted by molar-refractivity contribution is 6.30. The average molecular weight is 257 g/mol. The minimum atomic E-state index is -0.277. The third-order valence-electron chi connectivity index (χ3n) is 2.11. The number of carbonyl (C=O) groups excluding carboxylic acids is 1. The Morgan fingerprint density at radius 2 is 2.06 bits per heavy atom. The number of hydrogen-bond donors (Lipinski definition) is 1. The van der Waals surface area contributed by atoms with E-state index < -0.39 is 0 Å². The van der Waals surface area contributed by atoms with Crippen molar-refractivity contribution in [3.8, 4) is 0 Å². The summed E-state index contributed by atoms with van der Waals surface area (Å²) in [4.78, 5) is 23.0. The van der Waals surface area contributed by atoms with Crippen molar-refractivity contribution < 1.29 is 4.79 Å². The predicted octanol–water partition coefficient (Wildman–Crippen LogP) is 2.41. The molecular formula is C12H17ClN2O2. The number of aryl methyl sites for hydroxylation is 1. The summed E-state index contributed by atoms with van der Waals surface area (Å²) in [7, 11) is 1.59. The zero-order valence-corrected chi connectivity index (χ0v) is 11.3. The van der Waals surface area contributed by atoms with E-state index >= 15 is 0 Å². The van der Waals surface area contributed by atoms with Crippen LogP contribution in [0, 0.1) is 5.41 Å². The van der Waals surface area contributed by atoms with Crippen LogP contribution in [0.4, 0.5) is 5.69 Å². The van der Waals surface area contributed by atoms with Crippen molar-refractivity contribution >= 4 is 23.2 Å². The molecule has 1 aromatic heterocycles. The summed E-state index contributed by atoms with van der Waals surface area (Å²) in [6.45, 7) is 5.96. The Bertz CT molecular complexity index is 460. The second-order valence-electron chi connectivity index (χ2n) is 5.28. The van der Waals surface area contributed by atoms with E-state index in [1.807, 2.05) is 20.8 Å². The molecular weight excluding hydrogens is 240 g/mol. The highest BCUT2D eigenvalue weighted by Gasteiger charge is 2.16. The van der Waals surface area contributed by atoms with Gasteiger partial charge in [0.25, 0.3) is 5.56 Å². The summed E-state index contributed by atoms with van der Waals surface area (Å²) in [5.74, 6) is -0.0905. The Kier molecular flexibility index (Phi) is 3.98. The molecule has 0 aromatic carbocycles. The maximum Gasteiger partial charge on any atom is 0.269 e. The Morgan fingerprint density at radius 3 is 2.53 bits per heavy atom. The minimum absolute atomic E-state index is 0.0749. The molecule has 1 rings (SSSR count). The number of anilines is 1. The van der Waals surface area contributed by atoms with Gasteiger partial charge in [0.2, 0.25) is 5.91 Å². The molecule has 1 N–H and O–H groups in total. The summed E-state index contributed by atoms with van der Waals surface area (Å²) in [5, 5.41) is 2.82. The van der Waals surface area contributed by atoms with Gasteiger partial charge in [-0.3, -0.25) is 9.59 Å². The van der Waals surface area contributed by atoms with Crippen LogP contribution in [0.5, 0.6) is 0 Å². The van der Waals surface area contributed by atoms with E-state index in [0.29, 0.717) is 12.1 Å². The first-order valence-corrected chi connectivity index (χ1v) is 5.73. The number of carbonyl (C=O) groups is 1. The highest BCUT2D eigenvalue weighted by Crippen LogP contribution is 2.19. The number of pyridine rings is 1. The number of halogens is 1. The third-order valence-corrected chi connectivity index (χ3v) is 2.39. The van der Waals surface area contributed by atoms with Gasteiger partial charge in [-0.15, -0.1) is 0 Å². The Labute approximate surface area is 106 Å². The number of nitrogens with zero attached hydrogens (tertiary/aromatic N) is 1. The molecule has 0 aliphatic heterocycles. The quantitative estimate of drug-likeness (QED) is 0.884. The molecule has 0 radical (unpaired) electrons. The standard InChI is InChI=1S/C12H17ClN2O2/c1-12(2,3)6-10(16)14-8-5-9(13)11(17)15(4)7-8/h5,7H,6H2,1-4H3,(H,14,16). The highest BCUT2D eigenvalue weighted by atomic mass is 35.5. The number of aromatic nitrogens is 1. The van der Waals surface area contributed by atoms with Gasteiger partial charge in [0.05, 0.1) is 5.69 Å². The largest absolute Gasteiger partial charge is 0.325 e. The first kappa shape index (κ1) is 13.8. The zero-order valence-electron chi connectivity index (χ0n) is 10.5.